The number of aliphatic hydroxyl groups is 1. The maximum absolute atomic E-state index is 13.1. The molecule has 1 fully saturated rings. The number of benzene rings is 1. The molecule has 0 bridgehead atoms. The third-order valence-corrected chi connectivity index (χ3v) is 3.94. The van der Waals surface area contributed by atoms with E-state index in [0.29, 0.717) is 18.6 Å². The van der Waals surface area contributed by atoms with Crippen molar-refractivity contribution < 1.29 is 18.3 Å². The van der Waals surface area contributed by atoms with Crippen LogP contribution in [0.15, 0.2) is 34.7 Å². The van der Waals surface area contributed by atoms with Crippen LogP contribution in [0.5, 0.6) is 0 Å². The maximum Gasteiger partial charge on any atom is 0.248 e. The molecule has 1 aromatic heterocycles. The molecule has 1 aromatic carbocycles. The fourth-order valence-electron chi connectivity index (χ4n) is 2.76. The van der Waals surface area contributed by atoms with Gasteiger partial charge < -0.3 is 9.52 Å². The molecule has 0 saturated heterocycles. The second-order valence-corrected chi connectivity index (χ2v) is 5.32. The van der Waals surface area contributed by atoms with Crippen LogP contribution in [-0.4, -0.2) is 11.0 Å². The summed E-state index contributed by atoms with van der Waals surface area (Å²) in [5.74, 6) is -2.22. The van der Waals surface area contributed by atoms with E-state index in [1.54, 1.807) is 6.07 Å². The molecule has 3 rings (SSSR count). The van der Waals surface area contributed by atoms with E-state index in [4.69, 9.17) is 4.42 Å². The van der Waals surface area contributed by atoms with Gasteiger partial charge in [0.15, 0.2) is 0 Å². The van der Waals surface area contributed by atoms with E-state index in [-0.39, 0.29) is 18.8 Å². The first-order chi connectivity index (χ1) is 9.05. The molecule has 1 aliphatic carbocycles. The zero-order valence-electron chi connectivity index (χ0n) is 10.5. The van der Waals surface area contributed by atoms with Gasteiger partial charge in [-0.15, -0.1) is 0 Å². The van der Waals surface area contributed by atoms with Crippen LogP contribution in [0.1, 0.15) is 37.5 Å². The second-order valence-electron chi connectivity index (χ2n) is 5.32. The Balaban J connectivity index is 1.78. The lowest BCUT2D eigenvalue weighted by molar-refractivity contribution is -0.0650. The lowest BCUT2D eigenvalue weighted by Gasteiger charge is -2.30. The van der Waals surface area contributed by atoms with Gasteiger partial charge in [-0.3, -0.25) is 0 Å². The number of hydrogen-bond acceptors (Lipinski definition) is 2. The minimum absolute atomic E-state index is 0.139. The van der Waals surface area contributed by atoms with Crippen molar-refractivity contribution in [1.82, 2.24) is 0 Å². The number of rotatable bonds is 2. The average molecular weight is 266 g/mol. The van der Waals surface area contributed by atoms with Gasteiger partial charge in [-0.1, -0.05) is 18.2 Å². The Morgan fingerprint density at radius 2 is 1.89 bits per heavy atom. The second kappa shape index (κ2) is 4.60. The number of para-hydroxylation sites is 1. The molecule has 1 heterocycles. The zero-order chi connectivity index (χ0) is 13.5. The average Bonchev–Trinajstić information content (AvgIpc) is 2.81. The number of fused-ring (bicyclic) bond motifs is 1. The molecule has 1 saturated carbocycles. The SMILES string of the molecule is OC(c1cc2ccccc2o1)C1CCC(F)(F)CC1. The molecule has 1 atom stereocenters. The number of alkyl halides is 2. The molecule has 0 radical (unpaired) electrons. The van der Waals surface area contributed by atoms with Gasteiger partial charge in [-0.2, -0.15) is 0 Å². The maximum atomic E-state index is 13.1. The summed E-state index contributed by atoms with van der Waals surface area (Å²) in [6, 6.07) is 9.30. The van der Waals surface area contributed by atoms with Crippen molar-refractivity contribution in [3.8, 4) is 0 Å². The molecule has 1 N–H and O–H groups in total. The molecule has 0 amide bonds. The molecule has 1 aliphatic rings. The van der Waals surface area contributed by atoms with Crippen molar-refractivity contribution in [2.24, 2.45) is 5.92 Å². The first-order valence-electron chi connectivity index (χ1n) is 6.59. The Morgan fingerprint density at radius 1 is 1.21 bits per heavy atom. The molecular weight excluding hydrogens is 250 g/mol. The summed E-state index contributed by atoms with van der Waals surface area (Å²) < 4.78 is 31.8. The van der Waals surface area contributed by atoms with E-state index in [1.165, 1.54) is 0 Å². The molecule has 0 aliphatic heterocycles. The quantitative estimate of drug-likeness (QED) is 0.879. The Labute approximate surface area is 110 Å². The fraction of sp³-hybridized carbons (Fsp3) is 0.467. The minimum Gasteiger partial charge on any atom is -0.458 e. The van der Waals surface area contributed by atoms with Crippen LogP contribution >= 0.6 is 0 Å². The predicted octanol–water partition coefficient (Wildman–Crippen LogP) is 4.29. The van der Waals surface area contributed by atoms with Gasteiger partial charge in [-0.25, -0.2) is 8.78 Å². The van der Waals surface area contributed by atoms with Gasteiger partial charge >= 0.3 is 0 Å². The summed E-state index contributed by atoms with van der Waals surface area (Å²) in [6.07, 6.45) is -0.399. The first-order valence-corrected chi connectivity index (χ1v) is 6.59. The number of hydrogen-bond donors (Lipinski definition) is 1. The minimum atomic E-state index is -2.57. The molecule has 4 heteroatoms. The van der Waals surface area contributed by atoms with Gasteiger partial charge in [0.1, 0.15) is 17.4 Å². The summed E-state index contributed by atoms with van der Waals surface area (Å²) in [7, 11) is 0. The number of furan rings is 1. The van der Waals surface area contributed by atoms with Gasteiger partial charge in [-0.05, 0) is 30.9 Å². The van der Waals surface area contributed by atoms with E-state index < -0.39 is 12.0 Å². The van der Waals surface area contributed by atoms with Gasteiger partial charge in [0, 0.05) is 18.2 Å². The van der Waals surface area contributed by atoms with Gasteiger partial charge in [0.2, 0.25) is 5.92 Å². The van der Waals surface area contributed by atoms with Crippen molar-refractivity contribution in [3.05, 3.63) is 36.1 Å². The first kappa shape index (κ1) is 12.6. The highest BCUT2D eigenvalue weighted by Gasteiger charge is 2.38. The summed E-state index contributed by atoms with van der Waals surface area (Å²) >= 11 is 0. The normalized spacial score (nSPS) is 21.6. The third-order valence-electron chi connectivity index (χ3n) is 3.94. The van der Waals surface area contributed by atoms with E-state index in [2.05, 4.69) is 0 Å². The molecule has 1 unspecified atom stereocenters. The van der Waals surface area contributed by atoms with Crippen LogP contribution in [0.2, 0.25) is 0 Å². The van der Waals surface area contributed by atoms with E-state index in [1.807, 2.05) is 24.3 Å². The van der Waals surface area contributed by atoms with E-state index in [9.17, 15) is 13.9 Å². The Bertz CT molecular complexity index is 533. The lowest BCUT2D eigenvalue weighted by atomic mass is 9.82. The summed E-state index contributed by atoms with van der Waals surface area (Å²) in [5, 5.41) is 11.2. The largest absolute Gasteiger partial charge is 0.458 e. The van der Waals surface area contributed by atoms with Crippen LogP contribution in [0.25, 0.3) is 11.0 Å². The van der Waals surface area contributed by atoms with Crippen LogP contribution < -0.4 is 0 Å². The molecule has 102 valence electrons. The molecular formula is C15H16F2O2. The summed E-state index contributed by atoms with van der Waals surface area (Å²) in [6.45, 7) is 0. The standard InChI is InChI=1S/C15H16F2O2/c16-15(17)7-5-10(6-8-15)14(18)13-9-11-3-1-2-4-12(11)19-13/h1-4,9-10,14,18H,5-8H2. The number of aliphatic hydroxyl groups excluding tert-OH is 1. The topological polar surface area (TPSA) is 33.4 Å². The van der Waals surface area contributed by atoms with Crippen molar-refractivity contribution >= 4 is 11.0 Å². The number of halogens is 2. The van der Waals surface area contributed by atoms with Gasteiger partial charge in [0.05, 0.1) is 0 Å². The zero-order valence-corrected chi connectivity index (χ0v) is 10.5. The summed E-state index contributed by atoms with van der Waals surface area (Å²) in [5.41, 5.74) is 0.720. The van der Waals surface area contributed by atoms with Crippen LogP contribution in [0.3, 0.4) is 0 Å². The van der Waals surface area contributed by atoms with Crippen LogP contribution in [0, 0.1) is 5.92 Å². The predicted molar refractivity (Wildman–Crippen MR) is 68.1 cm³/mol. The molecule has 0 spiro atoms. The molecule has 2 nitrogen and oxygen atoms in total. The molecule has 19 heavy (non-hydrogen) atoms. The smallest absolute Gasteiger partial charge is 0.248 e. The van der Waals surface area contributed by atoms with Crippen molar-refractivity contribution in [1.29, 1.82) is 0 Å². The highest BCUT2D eigenvalue weighted by Crippen LogP contribution is 2.42. The molecule has 2 aromatic rings. The van der Waals surface area contributed by atoms with Crippen molar-refractivity contribution in [3.63, 3.8) is 0 Å². The van der Waals surface area contributed by atoms with E-state index >= 15 is 0 Å². The highest BCUT2D eigenvalue weighted by molar-refractivity contribution is 5.77. The Kier molecular flexibility index (Phi) is 3.05. The van der Waals surface area contributed by atoms with Crippen molar-refractivity contribution in [2.45, 2.75) is 37.7 Å². The van der Waals surface area contributed by atoms with Crippen LogP contribution in [-0.2, 0) is 0 Å². The monoisotopic (exact) mass is 266 g/mol. The fourth-order valence-corrected chi connectivity index (χ4v) is 2.76. The van der Waals surface area contributed by atoms with Crippen LogP contribution in [0.4, 0.5) is 8.78 Å². The van der Waals surface area contributed by atoms with E-state index in [0.717, 1.165) is 11.0 Å². The Morgan fingerprint density at radius 3 is 2.58 bits per heavy atom. The Hall–Kier alpha value is -1.42. The third kappa shape index (κ3) is 2.50. The van der Waals surface area contributed by atoms with Crippen molar-refractivity contribution in [2.75, 3.05) is 0 Å². The van der Waals surface area contributed by atoms with Gasteiger partial charge in [0.25, 0.3) is 0 Å². The highest BCUT2D eigenvalue weighted by atomic mass is 19.3. The summed E-state index contributed by atoms with van der Waals surface area (Å²) in [4.78, 5) is 0. The lowest BCUT2D eigenvalue weighted by Crippen LogP contribution is -2.27.